The van der Waals surface area contributed by atoms with Gasteiger partial charge in [0.05, 0.1) is 11.1 Å². The highest BCUT2D eigenvalue weighted by Gasteiger charge is 2.36. The van der Waals surface area contributed by atoms with Crippen LogP contribution in [0.1, 0.15) is 101 Å². The van der Waals surface area contributed by atoms with Crippen molar-refractivity contribution in [3.63, 3.8) is 0 Å². The SMILES string of the molecule is CC(C)[C@@H]1CC[C@@H](C)C[C@H]1OC(=O)c1ccc(O)cc1C(=O)O[C@@H]1C[C@H](C)CC[C@H]1C(C)C. The van der Waals surface area contributed by atoms with Gasteiger partial charge in [-0.3, -0.25) is 0 Å². The van der Waals surface area contributed by atoms with Crippen molar-refractivity contribution in [1.82, 2.24) is 0 Å². The molecule has 0 aliphatic heterocycles. The maximum atomic E-state index is 13.2. The van der Waals surface area contributed by atoms with Crippen LogP contribution in [-0.4, -0.2) is 29.3 Å². The number of rotatable bonds is 6. The number of esters is 2. The molecule has 0 spiro atoms. The summed E-state index contributed by atoms with van der Waals surface area (Å²) in [6.07, 6.45) is 5.66. The zero-order valence-electron chi connectivity index (χ0n) is 21.2. The van der Waals surface area contributed by atoms with Crippen LogP contribution >= 0.6 is 0 Å². The second kappa shape index (κ2) is 10.9. The van der Waals surface area contributed by atoms with E-state index in [1.54, 1.807) is 0 Å². The molecule has 1 aromatic carbocycles. The van der Waals surface area contributed by atoms with Crippen molar-refractivity contribution in [3.8, 4) is 5.75 Å². The lowest BCUT2D eigenvalue weighted by molar-refractivity contribution is -0.0211. The van der Waals surface area contributed by atoms with Gasteiger partial charge >= 0.3 is 11.9 Å². The summed E-state index contributed by atoms with van der Waals surface area (Å²) in [5.74, 6) is 1.30. The zero-order chi connectivity index (χ0) is 24.3. The van der Waals surface area contributed by atoms with Crippen LogP contribution in [0, 0.1) is 35.5 Å². The third-order valence-corrected chi connectivity index (χ3v) is 7.88. The van der Waals surface area contributed by atoms with Crippen molar-refractivity contribution in [2.45, 2.75) is 92.3 Å². The summed E-state index contributed by atoms with van der Waals surface area (Å²) in [7, 11) is 0. The molecule has 3 rings (SSSR count). The average Bonchev–Trinajstić information content (AvgIpc) is 2.73. The van der Waals surface area contributed by atoms with Crippen LogP contribution in [0.5, 0.6) is 5.75 Å². The Hall–Kier alpha value is -2.04. The van der Waals surface area contributed by atoms with Crippen LogP contribution in [0.2, 0.25) is 0 Å². The maximum absolute atomic E-state index is 13.2. The lowest BCUT2D eigenvalue weighted by Crippen LogP contribution is -2.37. The number of benzene rings is 1. The van der Waals surface area contributed by atoms with Crippen LogP contribution < -0.4 is 0 Å². The fourth-order valence-electron chi connectivity index (χ4n) is 5.78. The Bertz CT molecular complexity index is 830. The molecule has 0 radical (unpaired) electrons. The molecule has 5 heteroatoms. The van der Waals surface area contributed by atoms with Gasteiger partial charge in [-0.25, -0.2) is 9.59 Å². The predicted molar refractivity (Wildman–Crippen MR) is 129 cm³/mol. The summed E-state index contributed by atoms with van der Waals surface area (Å²) in [5, 5.41) is 10.1. The van der Waals surface area contributed by atoms with Crippen molar-refractivity contribution in [2.75, 3.05) is 0 Å². The summed E-state index contributed by atoms with van der Waals surface area (Å²) in [6, 6.07) is 4.24. The van der Waals surface area contributed by atoms with E-state index in [-0.39, 0.29) is 29.1 Å². The Labute approximate surface area is 199 Å². The normalized spacial score (nSPS) is 30.3. The fraction of sp³-hybridized carbons (Fsp3) is 0.714. The lowest BCUT2D eigenvalue weighted by Gasteiger charge is -2.37. The molecule has 5 nitrogen and oxygen atoms in total. The molecule has 2 saturated carbocycles. The van der Waals surface area contributed by atoms with Gasteiger partial charge in [-0.2, -0.15) is 0 Å². The van der Waals surface area contributed by atoms with Gasteiger partial charge < -0.3 is 14.6 Å². The Balaban J connectivity index is 1.80. The van der Waals surface area contributed by atoms with Gasteiger partial charge in [0.2, 0.25) is 0 Å². The third kappa shape index (κ3) is 6.30. The molecule has 0 saturated heterocycles. The van der Waals surface area contributed by atoms with Crippen LogP contribution in [-0.2, 0) is 9.47 Å². The number of hydrogen-bond donors (Lipinski definition) is 1. The highest BCUT2D eigenvalue weighted by atomic mass is 16.6. The van der Waals surface area contributed by atoms with Crippen molar-refractivity contribution < 1.29 is 24.2 Å². The van der Waals surface area contributed by atoms with E-state index in [0.29, 0.717) is 35.5 Å². The van der Waals surface area contributed by atoms with Gasteiger partial charge in [-0.15, -0.1) is 0 Å². The van der Waals surface area contributed by atoms with E-state index in [1.165, 1.54) is 18.2 Å². The molecule has 1 aromatic rings. The summed E-state index contributed by atoms with van der Waals surface area (Å²) < 4.78 is 12.0. The van der Waals surface area contributed by atoms with Crippen molar-refractivity contribution >= 4 is 11.9 Å². The first kappa shape index (κ1) is 25.6. The van der Waals surface area contributed by atoms with Crippen molar-refractivity contribution in [2.24, 2.45) is 35.5 Å². The van der Waals surface area contributed by atoms with Gasteiger partial charge in [0.1, 0.15) is 18.0 Å². The van der Waals surface area contributed by atoms with Gasteiger partial charge in [0, 0.05) is 0 Å². The monoisotopic (exact) mass is 458 g/mol. The number of hydrogen-bond acceptors (Lipinski definition) is 5. The van der Waals surface area contributed by atoms with E-state index in [4.69, 9.17) is 9.47 Å². The van der Waals surface area contributed by atoms with Crippen molar-refractivity contribution in [1.29, 1.82) is 0 Å². The highest BCUT2D eigenvalue weighted by molar-refractivity contribution is 6.03. The Morgan fingerprint density at radius 3 is 1.70 bits per heavy atom. The minimum atomic E-state index is -0.556. The first-order chi connectivity index (χ1) is 15.6. The number of phenols is 1. The van der Waals surface area contributed by atoms with E-state index in [0.717, 1.165) is 38.5 Å². The molecular formula is C28H42O5. The molecule has 6 atom stereocenters. The van der Waals surface area contributed by atoms with E-state index in [1.807, 2.05) is 0 Å². The lowest BCUT2D eigenvalue weighted by atomic mass is 9.75. The largest absolute Gasteiger partial charge is 0.508 e. The van der Waals surface area contributed by atoms with Crippen LogP contribution in [0.4, 0.5) is 0 Å². The molecule has 0 heterocycles. The molecule has 0 unspecified atom stereocenters. The van der Waals surface area contributed by atoms with Gasteiger partial charge in [-0.05, 0) is 79.4 Å². The van der Waals surface area contributed by atoms with E-state index >= 15 is 0 Å². The van der Waals surface area contributed by atoms with E-state index < -0.39 is 11.9 Å². The molecule has 2 fully saturated rings. The second-order valence-electron chi connectivity index (χ2n) is 11.3. The average molecular weight is 459 g/mol. The van der Waals surface area contributed by atoms with Gasteiger partial charge in [-0.1, -0.05) is 54.4 Å². The topological polar surface area (TPSA) is 72.8 Å². The Morgan fingerprint density at radius 1 is 0.788 bits per heavy atom. The maximum Gasteiger partial charge on any atom is 0.339 e. The molecule has 184 valence electrons. The van der Waals surface area contributed by atoms with Crippen LogP contribution in [0.15, 0.2) is 18.2 Å². The molecule has 0 aromatic heterocycles. The molecular weight excluding hydrogens is 416 g/mol. The van der Waals surface area contributed by atoms with Crippen LogP contribution in [0.3, 0.4) is 0 Å². The molecule has 0 bridgehead atoms. The highest BCUT2D eigenvalue weighted by Crippen LogP contribution is 2.37. The number of carbonyl (C=O) groups excluding carboxylic acids is 2. The van der Waals surface area contributed by atoms with E-state index in [2.05, 4.69) is 41.5 Å². The van der Waals surface area contributed by atoms with Gasteiger partial charge in [0.25, 0.3) is 0 Å². The first-order valence-corrected chi connectivity index (χ1v) is 12.8. The molecule has 33 heavy (non-hydrogen) atoms. The second-order valence-corrected chi connectivity index (χ2v) is 11.3. The number of aromatic hydroxyl groups is 1. The van der Waals surface area contributed by atoms with Gasteiger partial charge in [0.15, 0.2) is 0 Å². The molecule has 0 amide bonds. The van der Waals surface area contributed by atoms with Crippen molar-refractivity contribution in [3.05, 3.63) is 29.3 Å². The fourth-order valence-corrected chi connectivity index (χ4v) is 5.78. The minimum absolute atomic E-state index is 0.0673. The molecule has 1 N–H and O–H groups in total. The van der Waals surface area contributed by atoms with Crippen LogP contribution in [0.25, 0.3) is 0 Å². The third-order valence-electron chi connectivity index (χ3n) is 7.88. The first-order valence-electron chi connectivity index (χ1n) is 12.8. The predicted octanol–water partition coefficient (Wildman–Crippen LogP) is 6.63. The zero-order valence-corrected chi connectivity index (χ0v) is 21.2. The smallest absolute Gasteiger partial charge is 0.339 e. The number of carbonyl (C=O) groups is 2. The quantitative estimate of drug-likeness (QED) is 0.485. The summed E-state index contributed by atoms with van der Waals surface area (Å²) in [5.41, 5.74) is 0.258. The summed E-state index contributed by atoms with van der Waals surface area (Å²) in [6.45, 7) is 13.0. The Kier molecular flexibility index (Phi) is 8.47. The molecule has 2 aliphatic rings. The Morgan fingerprint density at radius 2 is 1.24 bits per heavy atom. The molecule has 2 aliphatic carbocycles. The minimum Gasteiger partial charge on any atom is -0.508 e. The van der Waals surface area contributed by atoms with E-state index in [9.17, 15) is 14.7 Å². The number of ether oxygens (including phenoxy) is 2. The standard InChI is InChI=1S/C28H42O5/c1-16(2)21-10-7-18(5)13-25(21)32-27(30)23-12-9-20(29)15-24(23)28(31)33-26-14-19(6)8-11-22(26)17(3)4/h9,12,15-19,21-22,25-26,29H,7-8,10-11,13-14H2,1-6H3/t18-,19-,21+,22+,25-,26-/m1/s1. The number of phenolic OH excluding ortho intramolecular Hbond substituents is 1. The summed E-state index contributed by atoms with van der Waals surface area (Å²) >= 11 is 0. The summed E-state index contributed by atoms with van der Waals surface area (Å²) in [4.78, 5) is 26.5.